The Morgan fingerprint density at radius 2 is 2.17 bits per heavy atom. The average Bonchev–Trinajstić information content (AvgIpc) is 3.23. The fourth-order valence-electron chi connectivity index (χ4n) is 2.94. The lowest BCUT2D eigenvalue weighted by Crippen LogP contribution is -2.19. The van der Waals surface area contributed by atoms with Gasteiger partial charge in [0.2, 0.25) is 11.8 Å². The van der Waals surface area contributed by atoms with Gasteiger partial charge in [-0.25, -0.2) is 9.78 Å². The first-order valence-electron chi connectivity index (χ1n) is 8.71. The molecule has 0 aliphatic carbocycles. The summed E-state index contributed by atoms with van der Waals surface area (Å²) in [7, 11) is 0. The van der Waals surface area contributed by atoms with E-state index in [1.165, 1.54) is 23.7 Å². The lowest BCUT2D eigenvalue weighted by Gasteiger charge is -2.06. The third kappa shape index (κ3) is 3.63. The number of hydrogen-bond donors (Lipinski definition) is 5. The second kappa shape index (κ2) is 7.08. The van der Waals surface area contributed by atoms with Crippen LogP contribution in [0.25, 0.3) is 23.0 Å². The molecule has 1 amide bonds. The van der Waals surface area contributed by atoms with E-state index in [2.05, 4.69) is 25.4 Å². The van der Waals surface area contributed by atoms with Gasteiger partial charge in [0.05, 0.1) is 11.9 Å². The van der Waals surface area contributed by atoms with Crippen molar-refractivity contribution in [1.29, 1.82) is 5.41 Å². The van der Waals surface area contributed by atoms with Gasteiger partial charge in [0, 0.05) is 30.3 Å². The molecule has 0 spiro atoms. The third-order valence-corrected chi connectivity index (χ3v) is 4.30. The summed E-state index contributed by atoms with van der Waals surface area (Å²) < 4.78 is 1.36. The molecule has 0 aliphatic heterocycles. The van der Waals surface area contributed by atoms with Crippen LogP contribution in [-0.2, 0) is 11.3 Å². The van der Waals surface area contributed by atoms with Crippen LogP contribution in [0, 0.1) is 5.41 Å². The van der Waals surface area contributed by atoms with Crippen LogP contribution in [-0.4, -0.2) is 35.6 Å². The number of H-pyrrole nitrogens is 2. The minimum Gasteiger partial charge on any atom is -0.493 e. The second-order valence-electron chi connectivity index (χ2n) is 6.46. The molecule has 0 saturated carbocycles. The highest BCUT2D eigenvalue weighted by molar-refractivity contribution is 5.73. The summed E-state index contributed by atoms with van der Waals surface area (Å²) in [5.41, 5.74) is 2.45. The minimum atomic E-state index is -0.531. The van der Waals surface area contributed by atoms with Crippen molar-refractivity contribution in [2.45, 2.75) is 13.5 Å². The quantitative estimate of drug-likeness (QED) is 0.326. The summed E-state index contributed by atoms with van der Waals surface area (Å²) in [6.45, 7) is 1.85. The van der Waals surface area contributed by atoms with Crippen LogP contribution in [0.3, 0.4) is 0 Å². The van der Waals surface area contributed by atoms with Gasteiger partial charge in [0.15, 0.2) is 11.1 Å². The Labute approximate surface area is 163 Å². The molecule has 146 valence electrons. The number of rotatable bonds is 4. The smallest absolute Gasteiger partial charge is 0.326 e. The van der Waals surface area contributed by atoms with Gasteiger partial charge in [0.1, 0.15) is 5.69 Å². The monoisotopic (exact) mass is 391 g/mol. The maximum Gasteiger partial charge on any atom is 0.326 e. The van der Waals surface area contributed by atoms with E-state index in [1.54, 1.807) is 6.07 Å². The predicted octanol–water partition coefficient (Wildman–Crippen LogP) is -0.218. The molecule has 0 fully saturated rings. The van der Waals surface area contributed by atoms with Crippen molar-refractivity contribution in [2.24, 2.45) is 0 Å². The molecule has 4 aromatic rings. The summed E-state index contributed by atoms with van der Waals surface area (Å²) in [5.74, 6) is -0.406. The van der Waals surface area contributed by atoms with Crippen molar-refractivity contribution in [3.8, 4) is 17.1 Å². The van der Waals surface area contributed by atoms with Gasteiger partial charge in [-0.15, -0.1) is 0 Å². The van der Waals surface area contributed by atoms with Gasteiger partial charge in [-0.3, -0.25) is 15.2 Å². The lowest BCUT2D eigenvalue weighted by molar-refractivity contribution is -0.119. The molecule has 0 aliphatic rings. The highest BCUT2D eigenvalue weighted by Gasteiger charge is 2.09. The fraction of sp³-hybridized carbons (Fsp3) is 0.105. The first-order chi connectivity index (χ1) is 13.9. The normalized spacial score (nSPS) is 11.8. The Hall–Kier alpha value is -4.21. The SMILES string of the molecule is CC(=O)NCc1cccc(-c2cc(=N)n3ncc(=Cc4[nH]c(=O)[nH]c4O)c3n2)c1. The molecule has 5 N–H and O–H groups in total. The van der Waals surface area contributed by atoms with Crippen LogP contribution < -0.4 is 21.7 Å². The van der Waals surface area contributed by atoms with E-state index in [0.29, 0.717) is 23.1 Å². The van der Waals surface area contributed by atoms with Crippen LogP contribution in [0.15, 0.2) is 41.3 Å². The molecular weight excluding hydrogens is 374 g/mol. The van der Waals surface area contributed by atoms with Crippen molar-refractivity contribution in [3.63, 3.8) is 0 Å². The van der Waals surface area contributed by atoms with E-state index < -0.39 is 5.69 Å². The highest BCUT2D eigenvalue weighted by atomic mass is 16.3. The number of imidazole rings is 1. The predicted molar refractivity (Wildman–Crippen MR) is 104 cm³/mol. The van der Waals surface area contributed by atoms with E-state index >= 15 is 0 Å². The molecule has 10 heteroatoms. The van der Waals surface area contributed by atoms with Crippen molar-refractivity contribution < 1.29 is 9.90 Å². The number of carbonyl (C=O) groups is 1. The number of hydrogen-bond acceptors (Lipinski definition) is 6. The van der Waals surface area contributed by atoms with E-state index in [0.717, 1.165) is 11.1 Å². The third-order valence-electron chi connectivity index (χ3n) is 4.30. The number of aromatic amines is 2. The van der Waals surface area contributed by atoms with Gasteiger partial charge in [-0.2, -0.15) is 9.61 Å². The van der Waals surface area contributed by atoms with Gasteiger partial charge in [0.25, 0.3) is 0 Å². The number of carbonyl (C=O) groups excluding carboxylic acids is 1. The van der Waals surface area contributed by atoms with Crippen molar-refractivity contribution in [3.05, 3.63) is 69.0 Å². The van der Waals surface area contributed by atoms with E-state index in [-0.39, 0.29) is 23.0 Å². The number of nitrogens with one attached hydrogen (secondary N) is 4. The Morgan fingerprint density at radius 1 is 1.34 bits per heavy atom. The topological polar surface area (TPSA) is 152 Å². The number of fused-ring (bicyclic) bond motifs is 1. The zero-order chi connectivity index (χ0) is 20.5. The molecule has 4 rings (SSSR count). The molecule has 3 heterocycles. The molecule has 29 heavy (non-hydrogen) atoms. The lowest BCUT2D eigenvalue weighted by atomic mass is 10.1. The zero-order valence-electron chi connectivity index (χ0n) is 15.4. The number of aromatic hydroxyl groups is 1. The molecular formula is C19H17N7O3. The van der Waals surface area contributed by atoms with E-state index in [4.69, 9.17) is 5.41 Å². The largest absolute Gasteiger partial charge is 0.493 e. The summed E-state index contributed by atoms with van der Waals surface area (Å²) in [5, 5.41) is 25.5. The minimum absolute atomic E-state index is 0.117. The van der Waals surface area contributed by atoms with Crippen molar-refractivity contribution >= 4 is 17.6 Å². The molecule has 0 unspecified atom stereocenters. The van der Waals surface area contributed by atoms with Gasteiger partial charge in [-0.1, -0.05) is 18.2 Å². The van der Waals surface area contributed by atoms with E-state index in [1.807, 2.05) is 24.3 Å². The van der Waals surface area contributed by atoms with Gasteiger partial charge in [-0.05, 0) is 17.7 Å². The van der Waals surface area contributed by atoms with Gasteiger partial charge >= 0.3 is 5.69 Å². The Morgan fingerprint density at radius 3 is 2.90 bits per heavy atom. The second-order valence-corrected chi connectivity index (χ2v) is 6.46. The fourth-order valence-corrected chi connectivity index (χ4v) is 2.94. The van der Waals surface area contributed by atoms with Crippen LogP contribution in [0.1, 0.15) is 18.2 Å². The Bertz CT molecular complexity index is 1400. The summed E-state index contributed by atoms with van der Waals surface area (Å²) in [6, 6.07) is 9.10. The molecule has 0 atom stereocenters. The molecule has 10 nitrogen and oxygen atoms in total. The first kappa shape index (κ1) is 18.2. The number of benzene rings is 1. The number of amides is 1. The average molecular weight is 391 g/mol. The standard InChI is InChI=1S/C19H17N7O3/c1-10(27)21-8-11-3-2-4-12(5-11)14-7-16(20)26-17(23-14)13(9-22-26)6-15-18(28)25-19(29)24-15/h2-7,9,20,28H,8H2,1H3,(H,21,27)(H2,24,25,29). The number of nitrogens with zero attached hydrogens (tertiary/aromatic N) is 3. The first-order valence-corrected chi connectivity index (χ1v) is 8.71. The summed E-state index contributed by atoms with van der Waals surface area (Å²) in [4.78, 5) is 31.8. The summed E-state index contributed by atoms with van der Waals surface area (Å²) in [6.07, 6.45) is 3.03. The van der Waals surface area contributed by atoms with Crippen molar-refractivity contribution in [2.75, 3.05) is 0 Å². The molecule has 0 radical (unpaired) electrons. The zero-order valence-corrected chi connectivity index (χ0v) is 15.4. The van der Waals surface area contributed by atoms with Crippen LogP contribution in [0.2, 0.25) is 0 Å². The highest BCUT2D eigenvalue weighted by Crippen LogP contribution is 2.17. The molecule has 0 bridgehead atoms. The molecule has 0 saturated heterocycles. The van der Waals surface area contributed by atoms with E-state index in [9.17, 15) is 14.7 Å². The molecule has 1 aromatic carbocycles. The van der Waals surface area contributed by atoms with Crippen LogP contribution in [0.4, 0.5) is 0 Å². The Balaban J connectivity index is 1.83. The van der Waals surface area contributed by atoms with Gasteiger partial charge < -0.3 is 15.4 Å². The van der Waals surface area contributed by atoms with Crippen molar-refractivity contribution in [1.82, 2.24) is 29.9 Å². The molecule has 3 aromatic heterocycles. The van der Waals surface area contributed by atoms with Crippen LogP contribution in [0.5, 0.6) is 5.88 Å². The maximum absolute atomic E-state index is 11.3. The van der Waals surface area contributed by atoms with Crippen LogP contribution >= 0.6 is 0 Å². The number of aromatic nitrogens is 5. The maximum atomic E-state index is 11.3. The Kier molecular flexibility index (Phi) is 4.43. The summed E-state index contributed by atoms with van der Waals surface area (Å²) >= 11 is 0.